The van der Waals surface area contributed by atoms with E-state index in [4.69, 9.17) is 21.1 Å². The molecule has 0 radical (unpaired) electrons. The Hall–Kier alpha value is -2.73. The Labute approximate surface area is 150 Å². The lowest BCUT2D eigenvalue weighted by Crippen LogP contribution is -2.34. The average Bonchev–Trinajstić information content (AvgIpc) is 3.01. The van der Waals surface area contributed by atoms with Gasteiger partial charge in [-0.2, -0.15) is 0 Å². The number of carbonyl (C=O) groups is 2. The van der Waals surface area contributed by atoms with Crippen LogP contribution in [0.4, 0.5) is 10.5 Å². The average molecular weight is 361 g/mol. The predicted octanol–water partition coefficient (Wildman–Crippen LogP) is 3.10. The van der Waals surface area contributed by atoms with Crippen LogP contribution in [0.1, 0.15) is 10.4 Å². The first-order chi connectivity index (χ1) is 12.1. The molecule has 1 unspecified atom stereocenters. The van der Waals surface area contributed by atoms with Crippen molar-refractivity contribution in [3.05, 3.63) is 59.1 Å². The Balaban J connectivity index is 1.57. The molecule has 0 spiro atoms. The summed E-state index contributed by atoms with van der Waals surface area (Å²) in [5.41, 5.74) is 1.22. The maximum absolute atomic E-state index is 12.1. The predicted molar refractivity (Wildman–Crippen MR) is 94.4 cm³/mol. The van der Waals surface area contributed by atoms with Crippen LogP contribution >= 0.6 is 11.6 Å². The molecule has 1 fully saturated rings. The van der Waals surface area contributed by atoms with Crippen LogP contribution in [-0.2, 0) is 4.74 Å². The van der Waals surface area contributed by atoms with Crippen LogP contribution in [0, 0.1) is 0 Å². The van der Waals surface area contributed by atoms with Gasteiger partial charge < -0.3 is 14.8 Å². The van der Waals surface area contributed by atoms with Crippen LogP contribution < -0.4 is 15.0 Å². The Morgan fingerprint density at radius 1 is 1.24 bits per heavy atom. The van der Waals surface area contributed by atoms with Gasteiger partial charge in [0.2, 0.25) is 0 Å². The van der Waals surface area contributed by atoms with E-state index in [1.165, 1.54) is 4.90 Å². The third-order valence-corrected chi connectivity index (χ3v) is 4.11. The quantitative estimate of drug-likeness (QED) is 0.889. The molecule has 2 aromatic rings. The summed E-state index contributed by atoms with van der Waals surface area (Å²) in [7, 11) is 1.58. The third-order valence-electron chi connectivity index (χ3n) is 3.85. The highest BCUT2D eigenvalue weighted by molar-refractivity contribution is 6.30. The standard InChI is InChI=1S/C18H17ClN2O4/c1-24-15-8-6-14(7-9-15)21-11-16(25-18(21)23)10-20-17(22)12-2-4-13(19)5-3-12/h2-9,16H,10-11H2,1H3,(H,20,22). The zero-order valence-electron chi connectivity index (χ0n) is 13.6. The maximum atomic E-state index is 12.1. The molecule has 2 aromatic carbocycles. The Morgan fingerprint density at radius 3 is 2.56 bits per heavy atom. The lowest BCUT2D eigenvalue weighted by molar-refractivity contribution is 0.0916. The number of rotatable bonds is 5. The van der Waals surface area contributed by atoms with Gasteiger partial charge in [-0.25, -0.2) is 4.79 Å². The fourth-order valence-corrected chi connectivity index (χ4v) is 2.64. The number of benzene rings is 2. The molecule has 25 heavy (non-hydrogen) atoms. The van der Waals surface area contributed by atoms with E-state index in [2.05, 4.69) is 5.32 Å². The summed E-state index contributed by atoms with van der Waals surface area (Å²) in [5, 5.41) is 3.33. The number of anilines is 1. The second-order valence-electron chi connectivity index (χ2n) is 5.53. The van der Waals surface area contributed by atoms with E-state index in [0.29, 0.717) is 22.9 Å². The van der Waals surface area contributed by atoms with Gasteiger partial charge in [0, 0.05) is 16.3 Å². The monoisotopic (exact) mass is 360 g/mol. The summed E-state index contributed by atoms with van der Waals surface area (Å²) < 4.78 is 10.4. The summed E-state index contributed by atoms with van der Waals surface area (Å²) in [4.78, 5) is 25.7. The lowest BCUT2D eigenvalue weighted by Gasteiger charge is -2.13. The molecule has 1 heterocycles. The molecule has 6 nitrogen and oxygen atoms in total. The van der Waals surface area contributed by atoms with Crippen LogP contribution in [0.25, 0.3) is 0 Å². The first-order valence-corrected chi connectivity index (χ1v) is 8.10. The van der Waals surface area contributed by atoms with Crippen LogP contribution in [0.15, 0.2) is 48.5 Å². The van der Waals surface area contributed by atoms with Gasteiger partial charge in [-0.1, -0.05) is 11.6 Å². The van der Waals surface area contributed by atoms with Crippen molar-refractivity contribution in [2.45, 2.75) is 6.10 Å². The zero-order chi connectivity index (χ0) is 17.8. The van der Waals surface area contributed by atoms with Crippen LogP contribution in [0.2, 0.25) is 5.02 Å². The van der Waals surface area contributed by atoms with Crippen LogP contribution in [-0.4, -0.2) is 38.3 Å². The van der Waals surface area contributed by atoms with E-state index in [0.717, 1.165) is 5.69 Å². The molecule has 0 bridgehead atoms. The Morgan fingerprint density at radius 2 is 1.92 bits per heavy atom. The second kappa shape index (κ2) is 7.44. The molecular formula is C18H17ClN2O4. The summed E-state index contributed by atoms with van der Waals surface area (Å²) >= 11 is 5.80. The molecular weight excluding hydrogens is 344 g/mol. The Bertz CT molecular complexity index is 762. The minimum atomic E-state index is -0.434. The van der Waals surface area contributed by atoms with Gasteiger partial charge in [-0.05, 0) is 48.5 Å². The number of ether oxygens (including phenoxy) is 2. The van der Waals surface area contributed by atoms with E-state index in [1.807, 2.05) is 0 Å². The lowest BCUT2D eigenvalue weighted by atomic mass is 10.2. The van der Waals surface area contributed by atoms with E-state index in [9.17, 15) is 9.59 Å². The fraction of sp³-hybridized carbons (Fsp3) is 0.222. The Kier molecular flexibility index (Phi) is 5.09. The van der Waals surface area contributed by atoms with Crippen molar-refractivity contribution in [3.63, 3.8) is 0 Å². The van der Waals surface area contributed by atoms with Crippen molar-refractivity contribution in [3.8, 4) is 5.75 Å². The van der Waals surface area contributed by atoms with E-state index >= 15 is 0 Å². The molecule has 2 amide bonds. The number of carbonyl (C=O) groups excluding carboxylic acids is 2. The van der Waals surface area contributed by atoms with Crippen molar-refractivity contribution in [1.29, 1.82) is 0 Å². The van der Waals surface area contributed by atoms with E-state index < -0.39 is 12.2 Å². The molecule has 0 aromatic heterocycles. The molecule has 1 N–H and O–H groups in total. The van der Waals surface area contributed by atoms with Gasteiger partial charge in [-0.3, -0.25) is 9.69 Å². The number of hydrogen-bond donors (Lipinski definition) is 1. The molecule has 1 aliphatic heterocycles. The molecule has 1 saturated heterocycles. The van der Waals surface area contributed by atoms with Gasteiger partial charge in [-0.15, -0.1) is 0 Å². The summed E-state index contributed by atoms with van der Waals surface area (Å²) in [5.74, 6) is 0.471. The number of nitrogens with zero attached hydrogens (tertiary/aromatic N) is 1. The van der Waals surface area contributed by atoms with Gasteiger partial charge in [0.05, 0.1) is 20.2 Å². The fourth-order valence-electron chi connectivity index (χ4n) is 2.51. The molecule has 0 aliphatic carbocycles. The number of cyclic esters (lactones) is 1. The van der Waals surface area contributed by atoms with E-state index in [-0.39, 0.29) is 12.5 Å². The van der Waals surface area contributed by atoms with Crippen molar-refractivity contribution < 1.29 is 19.1 Å². The van der Waals surface area contributed by atoms with Crippen LogP contribution in [0.3, 0.4) is 0 Å². The van der Waals surface area contributed by atoms with Crippen molar-refractivity contribution in [1.82, 2.24) is 5.32 Å². The first kappa shape index (κ1) is 17.1. The van der Waals surface area contributed by atoms with Gasteiger partial charge in [0.1, 0.15) is 11.9 Å². The summed E-state index contributed by atoms with van der Waals surface area (Å²) in [6.07, 6.45) is -0.846. The number of methoxy groups -OCH3 is 1. The molecule has 130 valence electrons. The largest absolute Gasteiger partial charge is 0.497 e. The topological polar surface area (TPSA) is 67.9 Å². The molecule has 3 rings (SSSR count). The second-order valence-corrected chi connectivity index (χ2v) is 5.97. The van der Waals surface area contributed by atoms with Gasteiger partial charge in [0.15, 0.2) is 0 Å². The highest BCUT2D eigenvalue weighted by atomic mass is 35.5. The van der Waals surface area contributed by atoms with Gasteiger partial charge in [0.25, 0.3) is 5.91 Å². The van der Waals surface area contributed by atoms with Crippen LogP contribution in [0.5, 0.6) is 5.75 Å². The van der Waals surface area contributed by atoms with Crippen molar-refractivity contribution in [2.75, 3.05) is 25.1 Å². The number of hydrogen-bond acceptors (Lipinski definition) is 4. The highest BCUT2D eigenvalue weighted by Crippen LogP contribution is 2.24. The number of amides is 2. The minimum absolute atomic E-state index is 0.236. The van der Waals surface area contributed by atoms with Crippen molar-refractivity contribution >= 4 is 29.3 Å². The third kappa shape index (κ3) is 4.03. The first-order valence-electron chi connectivity index (χ1n) is 7.73. The smallest absolute Gasteiger partial charge is 0.414 e. The minimum Gasteiger partial charge on any atom is -0.497 e. The maximum Gasteiger partial charge on any atom is 0.414 e. The molecule has 7 heteroatoms. The van der Waals surface area contributed by atoms with Crippen molar-refractivity contribution in [2.24, 2.45) is 0 Å². The summed E-state index contributed by atoms with van der Waals surface area (Å²) in [6.45, 7) is 0.603. The highest BCUT2D eigenvalue weighted by Gasteiger charge is 2.32. The SMILES string of the molecule is COc1ccc(N2CC(CNC(=O)c3ccc(Cl)cc3)OC2=O)cc1. The molecule has 1 atom stereocenters. The molecule has 0 saturated carbocycles. The number of nitrogens with one attached hydrogen (secondary N) is 1. The zero-order valence-corrected chi connectivity index (χ0v) is 14.3. The van der Waals surface area contributed by atoms with Gasteiger partial charge >= 0.3 is 6.09 Å². The normalized spacial score (nSPS) is 16.5. The summed E-state index contributed by atoms with van der Waals surface area (Å²) in [6, 6.07) is 13.7. The van der Waals surface area contributed by atoms with E-state index in [1.54, 1.807) is 55.6 Å². The molecule has 1 aliphatic rings. The number of halogens is 1.